The summed E-state index contributed by atoms with van der Waals surface area (Å²) in [4.78, 5) is 0.981. The summed E-state index contributed by atoms with van der Waals surface area (Å²) in [5.74, 6) is 0. The Morgan fingerprint density at radius 1 is 1.29 bits per heavy atom. The van der Waals surface area contributed by atoms with Crippen LogP contribution in [-0.2, 0) is 0 Å². The topological polar surface area (TPSA) is 26.0 Å². The number of alkyl halides is 3. The lowest BCUT2D eigenvalue weighted by atomic mass is 10.1. The van der Waals surface area contributed by atoms with Crippen LogP contribution in [0.25, 0.3) is 9.40 Å². The molecular formula is C11H12F3NS2. The first kappa shape index (κ1) is 12.9. The SMILES string of the molecule is NC(CCCC(F)(F)F)c1cc2sccc2s1. The fourth-order valence-corrected chi connectivity index (χ4v) is 3.79. The third-order valence-corrected chi connectivity index (χ3v) is 4.72. The smallest absolute Gasteiger partial charge is 0.323 e. The lowest BCUT2D eigenvalue weighted by Gasteiger charge is -2.10. The molecule has 0 aliphatic heterocycles. The molecule has 17 heavy (non-hydrogen) atoms. The summed E-state index contributed by atoms with van der Waals surface area (Å²) in [6.45, 7) is 0. The van der Waals surface area contributed by atoms with Gasteiger partial charge in [-0.25, -0.2) is 0 Å². The molecule has 0 amide bonds. The van der Waals surface area contributed by atoms with Crippen molar-refractivity contribution in [3.05, 3.63) is 22.4 Å². The lowest BCUT2D eigenvalue weighted by molar-refractivity contribution is -0.135. The second kappa shape index (κ2) is 4.96. The van der Waals surface area contributed by atoms with Crippen molar-refractivity contribution in [2.45, 2.75) is 31.5 Å². The minimum absolute atomic E-state index is 0.0935. The van der Waals surface area contributed by atoms with Gasteiger partial charge in [-0.1, -0.05) is 0 Å². The molecule has 6 heteroatoms. The Balaban J connectivity index is 1.92. The highest BCUT2D eigenvalue weighted by Crippen LogP contribution is 2.34. The number of hydrogen-bond donors (Lipinski definition) is 1. The Morgan fingerprint density at radius 2 is 2.06 bits per heavy atom. The number of nitrogens with two attached hydrogens (primary N) is 1. The van der Waals surface area contributed by atoms with Gasteiger partial charge in [0.2, 0.25) is 0 Å². The molecule has 94 valence electrons. The number of hydrogen-bond acceptors (Lipinski definition) is 3. The molecule has 0 saturated heterocycles. The minimum atomic E-state index is -4.07. The van der Waals surface area contributed by atoms with Gasteiger partial charge in [-0.15, -0.1) is 22.7 Å². The van der Waals surface area contributed by atoms with Crippen molar-refractivity contribution in [1.82, 2.24) is 0 Å². The van der Waals surface area contributed by atoms with Crippen LogP contribution in [0.4, 0.5) is 13.2 Å². The number of fused-ring (bicyclic) bond motifs is 1. The normalized spacial score (nSPS) is 14.4. The molecule has 0 spiro atoms. The standard InChI is InChI=1S/C11H12F3NS2/c12-11(13,14)4-1-2-7(15)9-6-10-8(17-9)3-5-16-10/h3,5-7H,1-2,4,15H2. The molecule has 0 aromatic carbocycles. The predicted octanol–water partition coefficient (Wildman–Crippen LogP) is 4.70. The van der Waals surface area contributed by atoms with Crippen LogP contribution in [0.15, 0.2) is 17.5 Å². The summed E-state index contributed by atoms with van der Waals surface area (Å²) in [7, 11) is 0. The molecule has 0 aliphatic rings. The van der Waals surface area contributed by atoms with Crippen LogP contribution < -0.4 is 5.73 Å². The van der Waals surface area contributed by atoms with E-state index in [-0.39, 0.29) is 12.5 Å². The van der Waals surface area contributed by atoms with E-state index in [1.165, 1.54) is 0 Å². The maximum atomic E-state index is 12.0. The van der Waals surface area contributed by atoms with E-state index in [9.17, 15) is 13.2 Å². The summed E-state index contributed by atoms with van der Waals surface area (Å²) in [6, 6.07) is 3.72. The quantitative estimate of drug-likeness (QED) is 0.863. The van der Waals surface area contributed by atoms with Gasteiger partial charge in [-0.3, -0.25) is 0 Å². The van der Waals surface area contributed by atoms with E-state index in [4.69, 9.17) is 5.73 Å². The molecule has 0 radical (unpaired) electrons. The van der Waals surface area contributed by atoms with Gasteiger partial charge in [0, 0.05) is 26.7 Å². The van der Waals surface area contributed by atoms with Gasteiger partial charge in [-0.2, -0.15) is 13.2 Å². The molecule has 2 aromatic heterocycles. The molecule has 2 rings (SSSR count). The van der Waals surface area contributed by atoms with E-state index < -0.39 is 12.6 Å². The summed E-state index contributed by atoms with van der Waals surface area (Å²) in [6.07, 6.45) is -4.35. The summed E-state index contributed by atoms with van der Waals surface area (Å²) >= 11 is 3.20. The van der Waals surface area contributed by atoms with Gasteiger partial charge in [0.25, 0.3) is 0 Å². The summed E-state index contributed by atoms with van der Waals surface area (Å²) in [5, 5.41) is 2.00. The van der Waals surface area contributed by atoms with Gasteiger partial charge < -0.3 is 5.73 Å². The molecule has 0 bridgehead atoms. The maximum Gasteiger partial charge on any atom is 0.389 e. The molecule has 1 nitrogen and oxygen atoms in total. The second-order valence-electron chi connectivity index (χ2n) is 3.91. The Labute approximate surface area is 105 Å². The number of halogens is 3. The molecule has 1 atom stereocenters. The van der Waals surface area contributed by atoms with Gasteiger partial charge in [0.05, 0.1) is 0 Å². The fourth-order valence-electron chi connectivity index (χ4n) is 1.63. The fraction of sp³-hybridized carbons (Fsp3) is 0.455. The first-order chi connectivity index (χ1) is 7.96. The zero-order valence-electron chi connectivity index (χ0n) is 8.96. The van der Waals surface area contributed by atoms with E-state index in [0.717, 1.165) is 14.3 Å². The van der Waals surface area contributed by atoms with Crippen LogP contribution in [0.5, 0.6) is 0 Å². The minimum Gasteiger partial charge on any atom is -0.323 e. The van der Waals surface area contributed by atoms with Crippen molar-refractivity contribution in [2.75, 3.05) is 0 Å². The highest BCUT2D eigenvalue weighted by Gasteiger charge is 2.26. The van der Waals surface area contributed by atoms with Gasteiger partial charge >= 0.3 is 6.18 Å². The number of rotatable bonds is 4. The molecule has 0 saturated carbocycles. The van der Waals surface area contributed by atoms with Crippen molar-refractivity contribution in [3.63, 3.8) is 0 Å². The van der Waals surface area contributed by atoms with Crippen molar-refractivity contribution in [3.8, 4) is 0 Å². The van der Waals surface area contributed by atoms with Crippen molar-refractivity contribution >= 4 is 32.1 Å². The maximum absolute atomic E-state index is 12.0. The first-order valence-corrected chi connectivity index (χ1v) is 6.94. The van der Waals surface area contributed by atoms with Crippen LogP contribution in [0, 0.1) is 0 Å². The van der Waals surface area contributed by atoms with E-state index in [2.05, 4.69) is 0 Å². The van der Waals surface area contributed by atoms with Crippen molar-refractivity contribution in [1.29, 1.82) is 0 Å². The molecule has 2 N–H and O–H groups in total. The predicted molar refractivity (Wildman–Crippen MR) is 66.5 cm³/mol. The molecule has 1 unspecified atom stereocenters. The van der Waals surface area contributed by atoms with Gasteiger partial charge in [0.15, 0.2) is 0 Å². The third kappa shape index (κ3) is 3.43. The average Bonchev–Trinajstić information content (AvgIpc) is 2.73. The van der Waals surface area contributed by atoms with E-state index in [1.54, 1.807) is 22.7 Å². The van der Waals surface area contributed by atoms with Crippen molar-refractivity contribution in [2.24, 2.45) is 5.73 Å². The van der Waals surface area contributed by atoms with E-state index in [1.807, 2.05) is 17.5 Å². The Bertz CT molecular complexity index is 458. The molecule has 2 aromatic rings. The van der Waals surface area contributed by atoms with E-state index >= 15 is 0 Å². The van der Waals surface area contributed by atoms with Gasteiger partial charge in [0.1, 0.15) is 0 Å². The molecule has 0 fully saturated rings. The van der Waals surface area contributed by atoms with Gasteiger partial charge in [-0.05, 0) is 30.4 Å². The Morgan fingerprint density at radius 3 is 2.71 bits per heavy atom. The summed E-state index contributed by atoms with van der Waals surface area (Å²) < 4.78 is 38.3. The monoisotopic (exact) mass is 279 g/mol. The highest BCUT2D eigenvalue weighted by atomic mass is 32.1. The Kier molecular flexibility index (Phi) is 3.75. The van der Waals surface area contributed by atoms with Crippen LogP contribution in [-0.4, -0.2) is 6.18 Å². The zero-order valence-corrected chi connectivity index (χ0v) is 10.6. The van der Waals surface area contributed by atoms with Crippen LogP contribution >= 0.6 is 22.7 Å². The zero-order chi connectivity index (χ0) is 12.5. The van der Waals surface area contributed by atoms with E-state index in [0.29, 0.717) is 6.42 Å². The largest absolute Gasteiger partial charge is 0.389 e. The number of thiophene rings is 2. The first-order valence-electron chi connectivity index (χ1n) is 5.25. The van der Waals surface area contributed by atoms with Crippen LogP contribution in [0.2, 0.25) is 0 Å². The highest BCUT2D eigenvalue weighted by molar-refractivity contribution is 7.26. The second-order valence-corrected chi connectivity index (χ2v) is 5.97. The van der Waals surface area contributed by atoms with Crippen molar-refractivity contribution < 1.29 is 13.2 Å². The molecular weight excluding hydrogens is 267 g/mol. The lowest BCUT2D eigenvalue weighted by Crippen LogP contribution is -2.12. The average molecular weight is 279 g/mol. The molecule has 2 heterocycles. The Hall–Kier alpha value is -0.590. The summed E-state index contributed by atoms with van der Waals surface area (Å²) in [5.41, 5.74) is 5.90. The van der Waals surface area contributed by atoms with Crippen LogP contribution in [0.3, 0.4) is 0 Å². The molecule has 0 aliphatic carbocycles. The van der Waals surface area contributed by atoms with Crippen LogP contribution in [0.1, 0.15) is 30.2 Å². The third-order valence-electron chi connectivity index (χ3n) is 2.50.